The zero-order chi connectivity index (χ0) is 19.6. The van der Waals surface area contributed by atoms with E-state index in [2.05, 4.69) is 24.4 Å². The molecule has 0 radical (unpaired) electrons. The van der Waals surface area contributed by atoms with E-state index >= 15 is 0 Å². The maximum Gasteiger partial charge on any atom is 0.117 e. The first kappa shape index (κ1) is 20.6. The molecule has 0 amide bonds. The SMILES string of the molecule is CCCCCCCNCc1nn(Cc2ccc(Cl)cc2)nc1-c1ccccc1. The summed E-state index contributed by atoms with van der Waals surface area (Å²) in [5.74, 6) is 0. The number of unbranched alkanes of at least 4 members (excludes halogenated alkanes) is 4. The van der Waals surface area contributed by atoms with E-state index in [0.717, 1.165) is 40.6 Å². The van der Waals surface area contributed by atoms with E-state index in [1.165, 1.54) is 32.1 Å². The summed E-state index contributed by atoms with van der Waals surface area (Å²) < 4.78 is 0. The van der Waals surface area contributed by atoms with Gasteiger partial charge in [-0.05, 0) is 30.7 Å². The summed E-state index contributed by atoms with van der Waals surface area (Å²) in [6.07, 6.45) is 6.43. The summed E-state index contributed by atoms with van der Waals surface area (Å²) in [5, 5.41) is 13.8. The van der Waals surface area contributed by atoms with Crippen molar-refractivity contribution in [1.82, 2.24) is 20.3 Å². The second-order valence-corrected chi connectivity index (χ2v) is 7.55. The molecule has 0 aliphatic rings. The van der Waals surface area contributed by atoms with Crippen molar-refractivity contribution in [3.63, 3.8) is 0 Å². The molecule has 0 unspecified atom stereocenters. The zero-order valence-electron chi connectivity index (χ0n) is 16.6. The van der Waals surface area contributed by atoms with Crippen LogP contribution < -0.4 is 5.32 Å². The van der Waals surface area contributed by atoms with E-state index in [9.17, 15) is 0 Å². The molecule has 1 N–H and O–H groups in total. The molecule has 0 spiro atoms. The molecule has 0 bridgehead atoms. The van der Waals surface area contributed by atoms with E-state index in [4.69, 9.17) is 21.8 Å². The highest BCUT2D eigenvalue weighted by Gasteiger charge is 2.13. The van der Waals surface area contributed by atoms with E-state index in [1.807, 2.05) is 42.5 Å². The van der Waals surface area contributed by atoms with E-state index < -0.39 is 0 Å². The van der Waals surface area contributed by atoms with Crippen molar-refractivity contribution in [2.75, 3.05) is 6.54 Å². The molecule has 3 rings (SSSR count). The van der Waals surface area contributed by atoms with Gasteiger partial charge in [-0.25, -0.2) is 0 Å². The fraction of sp³-hybridized carbons (Fsp3) is 0.391. The van der Waals surface area contributed by atoms with Gasteiger partial charge in [-0.1, -0.05) is 86.7 Å². The quantitative estimate of drug-likeness (QED) is 0.422. The first-order valence-electron chi connectivity index (χ1n) is 10.2. The Morgan fingerprint density at radius 3 is 2.39 bits per heavy atom. The van der Waals surface area contributed by atoms with Gasteiger partial charge in [0, 0.05) is 17.1 Å². The first-order valence-corrected chi connectivity index (χ1v) is 10.6. The van der Waals surface area contributed by atoms with Gasteiger partial charge >= 0.3 is 0 Å². The molecule has 1 aromatic heterocycles. The third-order valence-corrected chi connectivity index (χ3v) is 5.01. The number of aromatic nitrogens is 3. The minimum Gasteiger partial charge on any atom is -0.311 e. The molecule has 148 valence electrons. The van der Waals surface area contributed by atoms with Crippen molar-refractivity contribution in [1.29, 1.82) is 0 Å². The summed E-state index contributed by atoms with van der Waals surface area (Å²) in [7, 11) is 0. The maximum absolute atomic E-state index is 5.99. The Hall–Kier alpha value is -2.17. The van der Waals surface area contributed by atoms with Gasteiger partial charge in [0.25, 0.3) is 0 Å². The van der Waals surface area contributed by atoms with Crippen molar-refractivity contribution in [3.05, 3.63) is 70.9 Å². The second-order valence-electron chi connectivity index (χ2n) is 7.11. The third kappa shape index (κ3) is 6.18. The molecule has 5 heteroatoms. The molecule has 1 heterocycles. The van der Waals surface area contributed by atoms with Crippen molar-refractivity contribution in [2.45, 2.75) is 52.1 Å². The van der Waals surface area contributed by atoms with Gasteiger partial charge in [0.05, 0.1) is 6.54 Å². The van der Waals surface area contributed by atoms with Gasteiger partial charge in [0.15, 0.2) is 0 Å². The lowest BCUT2D eigenvalue weighted by molar-refractivity contribution is 0.561. The molecule has 0 atom stereocenters. The molecular formula is C23H29ClN4. The predicted molar refractivity (Wildman–Crippen MR) is 116 cm³/mol. The molecular weight excluding hydrogens is 368 g/mol. The van der Waals surface area contributed by atoms with Gasteiger partial charge in [0.1, 0.15) is 11.4 Å². The van der Waals surface area contributed by atoms with Crippen LogP contribution >= 0.6 is 11.6 Å². The molecule has 0 fully saturated rings. The highest BCUT2D eigenvalue weighted by Crippen LogP contribution is 2.20. The monoisotopic (exact) mass is 396 g/mol. The fourth-order valence-corrected chi connectivity index (χ4v) is 3.33. The van der Waals surface area contributed by atoms with Crippen molar-refractivity contribution in [2.24, 2.45) is 0 Å². The number of hydrogen-bond acceptors (Lipinski definition) is 3. The number of nitrogens with zero attached hydrogens (tertiary/aromatic N) is 3. The highest BCUT2D eigenvalue weighted by molar-refractivity contribution is 6.30. The summed E-state index contributed by atoms with van der Waals surface area (Å²) in [6.45, 7) is 4.63. The maximum atomic E-state index is 5.99. The van der Waals surface area contributed by atoms with Crippen LogP contribution in [0.25, 0.3) is 11.3 Å². The normalized spacial score (nSPS) is 11.1. The molecule has 0 saturated carbocycles. The third-order valence-electron chi connectivity index (χ3n) is 4.76. The number of rotatable bonds is 11. The average Bonchev–Trinajstić information content (AvgIpc) is 3.12. The summed E-state index contributed by atoms with van der Waals surface area (Å²) >= 11 is 5.99. The highest BCUT2D eigenvalue weighted by atomic mass is 35.5. The van der Waals surface area contributed by atoms with Crippen LogP contribution in [0.2, 0.25) is 5.02 Å². The van der Waals surface area contributed by atoms with Crippen LogP contribution in [0.4, 0.5) is 0 Å². The standard InChI is InChI=1S/C23H29ClN4/c1-2-3-4-5-9-16-25-17-22-23(20-10-7-6-8-11-20)27-28(26-22)18-19-12-14-21(24)15-13-19/h6-8,10-15,25H,2-5,9,16-18H2,1H3. The Balaban J connectivity index is 1.66. The average molecular weight is 397 g/mol. The predicted octanol–water partition coefficient (Wildman–Crippen LogP) is 5.71. The van der Waals surface area contributed by atoms with Crippen LogP contribution in [-0.2, 0) is 13.1 Å². The number of halogens is 1. The van der Waals surface area contributed by atoms with Gasteiger partial charge in [-0.15, -0.1) is 0 Å². The molecule has 3 aromatic rings. The van der Waals surface area contributed by atoms with E-state index in [0.29, 0.717) is 6.54 Å². The Bertz CT molecular complexity index is 828. The number of hydrogen-bond donors (Lipinski definition) is 1. The molecule has 2 aromatic carbocycles. The minimum absolute atomic E-state index is 0.633. The van der Waals surface area contributed by atoms with Crippen molar-refractivity contribution < 1.29 is 0 Å². The van der Waals surface area contributed by atoms with Gasteiger partial charge in [-0.2, -0.15) is 15.0 Å². The molecule has 0 aliphatic carbocycles. The first-order chi connectivity index (χ1) is 13.8. The number of benzene rings is 2. The van der Waals surface area contributed by atoms with E-state index in [-0.39, 0.29) is 0 Å². The Kier molecular flexibility index (Phi) is 8.07. The van der Waals surface area contributed by atoms with Crippen LogP contribution in [-0.4, -0.2) is 21.5 Å². The lowest BCUT2D eigenvalue weighted by atomic mass is 10.1. The molecule has 0 saturated heterocycles. The smallest absolute Gasteiger partial charge is 0.117 e. The van der Waals surface area contributed by atoms with Crippen LogP contribution in [0, 0.1) is 0 Å². The molecule has 0 aliphatic heterocycles. The largest absolute Gasteiger partial charge is 0.311 e. The summed E-state index contributed by atoms with van der Waals surface area (Å²) in [4.78, 5) is 1.78. The van der Waals surface area contributed by atoms with Crippen LogP contribution in [0.15, 0.2) is 54.6 Å². The van der Waals surface area contributed by atoms with E-state index in [1.54, 1.807) is 4.80 Å². The lowest BCUT2D eigenvalue weighted by Crippen LogP contribution is -2.16. The Morgan fingerprint density at radius 1 is 0.893 bits per heavy atom. The summed E-state index contributed by atoms with van der Waals surface area (Å²) in [5.41, 5.74) is 4.18. The Labute approximate surface area is 172 Å². The van der Waals surface area contributed by atoms with Gasteiger partial charge < -0.3 is 5.32 Å². The van der Waals surface area contributed by atoms with Crippen LogP contribution in [0.5, 0.6) is 0 Å². The lowest BCUT2D eigenvalue weighted by Gasteiger charge is -2.04. The number of nitrogens with one attached hydrogen (secondary N) is 1. The molecule has 4 nitrogen and oxygen atoms in total. The van der Waals surface area contributed by atoms with Crippen LogP contribution in [0.3, 0.4) is 0 Å². The topological polar surface area (TPSA) is 42.7 Å². The second kappa shape index (κ2) is 11.0. The van der Waals surface area contributed by atoms with Gasteiger partial charge in [0.2, 0.25) is 0 Å². The minimum atomic E-state index is 0.633. The van der Waals surface area contributed by atoms with Gasteiger partial charge in [-0.3, -0.25) is 0 Å². The Morgan fingerprint density at radius 2 is 1.64 bits per heavy atom. The van der Waals surface area contributed by atoms with Crippen LogP contribution in [0.1, 0.15) is 50.3 Å². The summed E-state index contributed by atoms with van der Waals surface area (Å²) in [6, 6.07) is 18.1. The fourth-order valence-electron chi connectivity index (χ4n) is 3.21. The van der Waals surface area contributed by atoms with Crippen molar-refractivity contribution in [3.8, 4) is 11.3 Å². The zero-order valence-corrected chi connectivity index (χ0v) is 17.3. The molecule has 28 heavy (non-hydrogen) atoms. The van der Waals surface area contributed by atoms with Crippen molar-refractivity contribution >= 4 is 11.6 Å².